The van der Waals surface area contributed by atoms with Crippen LogP contribution < -0.4 is 4.74 Å². The van der Waals surface area contributed by atoms with Gasteiger partial charge in [0.05, 0.1) is 12.7 Å². The summed E-state index contributed by atoms with van der Waals surface area (Å²) in [4.78, 5) is 13.0. The molecule has 4 aromatic rings. The molecule has 154 valence electrons. The van der Waals surface area contributed by atoms with Gasteiger partial charge < -0.3 is 13.9 Å². The molecular formula is C25H20N2O4. The summed E-state index contributed by atoms with van der Waals surface area (Å²) in [6, 6.07) is 26.2. The van der Waals surface area contributed by atoms with E-state index < -0.39 is 5.97 Å². The number of hydrogen-bond acceptors (Lipinski definition) is 6. The zero-order chi connectivity index (χ0) is 21.5. The van der Waals surface area contributed by atoms with Crippen molar-refractivity contribution < 1.29 is 18.7 Å². The average molecular weight is 412 g/mol. The number of methoxy groups -OCH3 is 1. The second kappa shape index (κ2) is 9.54. The van der Waals surface area contributed by atoms with Gasteiger partial charge in [0.25, 0.3) is 5.89 Å². The molecule has 0 N–H and O–H groups in total. The second-order valence-electron chi connectivity index (χ2n) is 6.61. The van der Waals surface area contributed by atoms with Crippen molar-refractivity contribution in [2.24, 2.45) is 0 Å². The minimum absolute atomic E-state index is 0.130. The molecule has 0 saturated heterocycles. The lowest BCUT2D eigenvalue weighted by Gasteiger charge is -2.10. The van der Waals surface area contributed by atoms with Crippen molar-refractivity contribution in [2.45, 2.75) is 6.61 Å². The number of carbonyl (C=O) groups is 1. The molecule has 1 aromatic heterocycles. The molecule has 3 aromatic carbocycles. The molecule has 0 fully saturated rings. The van der Waals surface area contributed by atoms with Crippen molar-refractivity contribution in [1.29, 1.82) is 0 Å². The normalized spacial score (nSPS) is 11.2. The van der Waals surface area contributed by atoms with Crippen LogP contribution in [0.1, 0.15) is 17.0 Å². The molecule has 0 aliphatic rings. The van der Waals surface area contributed by atoms with Gasteiger partial charge in [-0.3, -0.25) is 0 Å². The maximum absolute atomic E-state index is 13.0. The lowest BCUT2D eigenvalue weighted by atomic mass is 10.0. The summed E-state index contributed by atoms with van der Waals surface area (Å²) < 4.78 is 16.5. The Morgan fingerprint density at radius 3 is 2.32 bits per heavy atom. The molecule has 6 nitrogen and oxygen atoms in total. The quantitative estimate of drug-likeness (QED) is 0.241. The number of hydrogen-bond donors (Lipinski definition) is 0. The van der Waals surface area contributed by atoms with Crippen LogP contribution in [-0.2, 0) is 16.1 Å². The fourth-order valence-electron chi connectivity index (χ4n) is 3.03. The standard InChI is InChI=1S/C25H20N2O4/c1-29-22-15-9-8-14-20(22)16-21(18-10-4-2-5-11-18)25(28)30-17-23-26-27-24(31-23)19-12-6-3-7-13-19/h2-16H,17H2,1H3/b21-16+. The molecule has 1 heterocycles. The molecule has 4 rings (SSSR count). The van der Waals surface area contributed by atoms with Crippen LogP contribution in [0.25, 0.3) is 23.1 Å². The Labute approximate surface area is 179 Å². The van der Waals surface area contributed by atoms with Gasteiger partial charge >= 0.3 is 5.97 Å². The van der Waals surface area contributed by atoms with Crippen LogP contribution in [0.3, 0.4) is 0 Å². The molecular weight excluding hydrogens is 392 g/mol. The van der Waals surface area contributed by atoms with Gasteiger partial charge in [0.15, 0.2) is 6.61 Å². The van der Waals surface area contributed by atoms with Crippen molar-refractivity contribution in [3.8, 4) is 17.2 Å². The van der Waals surface area contributed by atoms with E-state index in [2.05, 4.69) is 10.2 Å². The van der Waals surface area contributed by atoms with E-state index in [0.29, 0.717) is 17.2 Å². The van der Waals surface area contributed by atoms with Crippen molar-refractivity contribution in [3.05, 3.63) is 102 Å². The van der Waals surface area contributed by atoms with Crippen LogP contribution in [0.15, 0.2) is 89.3 Å². The van der Waals surface area contributed by atoms with Gasteiger partial charge in [-0.05, 0) is 29.8 Å². The van der Waals surface area contributed by atoms with Gasteiger partial charge in [0.2, 0.25) is 5.89 Å². The van der Waals surface area contributed by atoms with Crippen molar-refractivity contribution in [2.75, 3.05) is 7.11 Å². The van der Waals surface area contributed by atoms with Crippen LogP contribution in [0, 0.1) is 0 Å². The Bertz CT molecular complexity index is 1180. The molecule has 0 aliphatic heterocycles. The third kappa shape index (κ3) is 4.87. The lowest BCUT2D eigenvalue weighted by Crippen LogP contribution is -2.08. The van der Waals surface area contributed by atoms with E-state index in [1.807, 2.05) is 84.9 Å². The highest BCUT2D eigenvalue weighted by molar-refractivity contribution is 6.21. The third-order valence-corrected chi connectivity index (χ3v) is 4.56. The number of carbonyl (C=O) groups excluding carboxylic acids is 1. The van der Waals surface area contributed by atoms with E-state index in [0.717, 1.165) is 16.7 Å². The Balaban J connectivity index is 1.56. The second-order valence-corrected chi connectivity index (χ2v) is 6.61. The predicted molar refractivity (Wildman–Crippen MR) is 117 cm³/mol. The lowest BCUT2D eigenvalue weighted by molar-refractivity contribution is -0.138. The molecule has 0 spiro atoms. The summed E-state index contributed by atoms with van der Waals surface area (Å²) in [6.07, 6.45) is 1.75. The van der Waals surface area contributed by atoms with E-state index in [-0.39, 0.29) is 12.5 Å². The minimum atomic E-state index is -0.503. The van der Waals surface area contributed by atoms with Gasteiger partial charge in [0.1, 0.15) is 5.75 Å². The van der Waals surface area contributed by atoms with E-state index in [9.17, 15) is 4.79 Å². The van der Waals surface area contributed by atoms with Gasteiger partial charge in [-0.2, -0.15) is 0 Å². The van der Waals surface area contributed by atoms with E-state index in [1.54, 1.807) is 13.2 Å². The fraction of sp³-hybridized carbons (Fsp3) is 0.0800. The van der Waals surface area contributed by atoms with Crippen molar-refractivity contribution in [1.82, 2.24) is 10.2 Å². The topological polar surface area (TPSA) is 74.5 Å². The highest BCUT2D eigenvalue weighted by Crippen LogP contribution is 2.26. The maximum atomic E-state index is 13.0. The number of nitrogens with zero attached hydrogens (tertiary/aromatic N) is 2. The van der Waals surface area contributed by atoms with Crippen molar-refractivity contribution in [3.63, 3.8) is 0 Å². The Hall–Kier alpha value is -4.19. The smallest absolute Gasteiger partial charge is 0.339 e. The predicted octanol–water partition coefficient (Wildman–Crippen LogP) is 5.03. The number of ether oxygens (including phenoxy) is 2. The summed E-state index contributed by atoms with van der Waals surface area (Å²) >= 11 is 0. The largest absolute Gasteiger partial charge is 0.496 e. The molecule has 0 saturated carbocycles. The molecule has 6 heteroatoms. The number of esters is 1. The minimum Gasteiger partial charge on any atom is -0.496 e. The van der Waals surface area contributed by atoms with Crippen molar-refractivity contribution >= 4 is 17.6 Å². The zero-order valence-electron chi connectivity index (χ0n) is 16.9. The molecule has 0 unspecified atom stereocenters. The Morgan fingerprint density at radius 2 is 1.58 bits per heavy atom. The maximum Gasteiger partial charge on any atom is 0.339 e. The number of benzene rings is 3. The number of para-hydroxylation sites is 1. The van der Waals surface area contributed by atoms with Gasteiger partial charge in [-0.25, -0.2) is 4.79 Å². The van der Waals surface area contributed by atoms with E-state index in [4.69, 9.17) is 13.9 Å². The van der Waals surface area contributed by atoms with Crippen LogP contribution >= 0.6 is 0 Å². The highest BCUT2D eigenvalue weighted by atomic mass is 16.5. The first-order valence-corrected chi connectivity index (χ1v) is 9.69. The molecule has 0 atom stereocenters. The zero-order valence-corrected chi connectivity index (χ0v) is 16.9. The first-order valence-electron chi connectivity index (χ1n) is 9.69. The average Bonchev–Trinajstić information content (AvgIpc) is 3.31. The molecule has 0 amide bonds. The number of rotatable bonds is 7. The van der Waals surface area contributed by atoms with Gasteiger partial charge in [0, 0.05) is 11.1 Å². The SMILES string of the molecule is COc1ccccc1/C=C(/C(=O)OCc1nnc(-c2ccccc2)o1)c1ccccc1. The Morgan fingerprint density at radius 1 is 0.903 bits per heavy atom. The first-order chi connectivity index (χ1) is 15.2. The first kappa shape index (κ1) is 20.1. The summed E-state index contributed by atoms with van der Waals surface area (Å²) in [6.45, 7) is -0.130. The molecule has 0 aliphatic carbocycles. The van der Waals surface area contributed by atoms with Crippen LogP contribution in [0.4, 0.5) is 0 Å². The monoisotopic (exact) mass is 412 g/mol. The highest BCUT2D eigenvalue weighted by Gasteiger charge is 2.17. The number of aromatic nitrogens is 2. The summed E-state index contributed by atoms with van der Waals surface area (Å²) in [5.41, 5.74) is 2.69. The van der Waals surface area contributed by atoms with Gasteiger partial charge in [-0.15, -0.1) is 10.2 Å². The van der Waals surface area contributed by atoms with E-state index >= 15 is 0 Å². The van der Waals surface area contributed by atoms with Gasteiger partial charge in [-0.1, -0.05) is 66.7 Å². The summed E-state index contributed by atoms with van der Waals surface area (Å²) in [7, 11) is 1.59. The molecule has 0 bridgehead atoms. The Kier molecular flexibility index (Phi) is 6.18. The summed E-state index contributed by atoms with van der Waals surface area (Å²) in [5, 5.41) is 7.99. The summed E-state index contributed by atoms with van der Waals surface area (Å²) in [5.74, 6) is 0.751. The van der Waals surface area contributed by atoms with Crippen LogP contribution in [-0.4, -0.2) is 23.3 Å². The fourth-order valence-corrected chi connectivity index (χ4v) is 3.03. The van der Waals surface area contributed by atoms with E-state index in [1.165, 1.54) is 0 Å². The molecule has 31 heavy (non-hydrogen) atoms. The third-order valence-electron chi connectivity index (χ3n) is 4.56. The van der Waals surface area contributed by atoms with Crippen LogP contribution in [0.2, 0.25) is 0 Å². The van der Waals surface area contributed by atoms with Crippen LogP contribution in [0.5, 0.6) is 5.75 Å². The molecule has 0 radical (unpaired) electrons.